The summed E-state index contributed by atoms with van der Waals surface area (Å²) in [6, 6.07) is 41.5. The zero-order valence-corrected chi connectivity index (χ0v) is 21.8. The topological polar surface area (TPSA) is 55.3 Å². The second kappa shape index (κ2) is 8.41. The fourth-order valence-corrected chi connectivity index (χ4v) is 5.97. The summed E-state index contributed by atoms with van der Waals surface area (Å²) in [6.07, 6.45) is 1.89. The summed E-state index contributed by atoms with van der Waals surface area (Å²) in [4.78, 5) is 12.0. The van der Waals surface area contributed by atoms with Gasteiger partial charge in [-0.1, -0.05) is 78.9 Å². The smallest absolute Gasteiger partial charge is 0.229 e. The summed E-state index contributed by atoms with van der Waals surface area (Å²) in [5, 5.41) is 8.85. The molecule has 0 aliphatic carbocycles. The second-order valence-corrected chi connectivity index (χ2v) is 10.3. The molecule has 5 nitrogen and oxygen atoms in total. The summed E-state index contributed by atoms with van der Waals surface area (Å²) >= 11 is 0. The first-order valence-corrected chi connectivity index (χ1v) is 13.6. The molecule has 192 valence electrons. The highest BCUT2D eigenvalue weighted by molar-refractivity contribution is 6.09. The van der Waals surface area contributed by atoms with E-state index in [9.17, 15) is 0 Å². The van der Waals surface area contributed by atoms with E-state index >= 15 is 0 Å². The lowest BCUT2D eigenvalue weighted by atomic mass is 10.0. The van der Waals surface area contributed by atoms with Gasteiger partial charge in [-0.3, -0.25) is 4.90 Å². The first-order chi connectivity index (χ1) is 20.3. The van der Waals surface area contributed by atoms with Crippen molar-refractivity contribution in [3.63, 3.8) is 0 Å². The number of anilines is 3. The van der Waals surface area contributed by atoms with Gasteiger partial charge in [-0.25, -0.2) is 4.98 Å². The van der Waals surface area contributed by atoms with Gasteiger partial charge in [0, 0.05) is 39.5 Å². The van der Waals surface area contributed by atoms with Crippen LogP contribution in [0.2, 0.25) is 0 Å². The molecule has 0 saturated carbocycles. The van der Waals surface area contributed by atoms with E-state index in [-0.39, 0.29) is 0 Å². The summed E-state index contributed by atoms with van der Waals surface area (Å²) < 4.78 is 12.4. The van der Waals surface area contributed by atoms with Crippen molar-refractivity contribution in [2.24, 2.45) is 0 Å². The van der Waals surface area contributed by atoms with Crippen LogP contribution in [0.3, 0.4) is 0 Å². The maximum Gasteiger partial charge on any atom is 0.229 e. The van der Waals surface area contributed by atoms with Crippen LogP contribution in [0.25, 0.3) is 65.6 Å². The second-order valence-electron chi connectivity index (χ2n) is 10.3. The number of benzene rings is 5. The lowest BCUT2D eigenvalue weighted by Gasteiger charge is -2.23. The van der Waals surface area contributed by atoms with Gasteiger partial charge in [-0.05, 0) is 57.9 Å². The molecule has 41 heavy (non-hydrogen) atoms. The van der Waals surface area contributed by atoms with Gasteiger partial charge in [-0.15, -0.1) is 0 Å². The normalized spacial score (nSPS) is 11.9. The Morgan fingerprint density at radius 1 is 0.463 bits per heavy atom. The predicted octanol–water partition coefficient (Wildman–Crippen LogP) is 10.1. The third-order valence-corrected chi connectivity index (χ3v) is 7.92. The van der Waals surface area contributed by atoms with E-state index in [0.717, 1.165) is 49.4 Å². The molecule has 0 bridgehead atoms. The van der Waals surface area contributed by atoms with Crippen LogP contribution in [0.5, 0.6) is 0 Å². The van der Waals surface area contributed by atoms with Crippen LogP contribution in [0.4, 0.5) is 17.3 Å². The first-order valence-electron chi connectivity index (χ1n) is 13.6. The Kier molecular flexibility index (Phi) is 4.55. The van der Waals surface area contributed by atoms with Crippen molar-refractivity contribution >= 4 is 82.9 Å². The van der Waals surface area contributed by atoms with Crippen LogP contribution in [0, 0.1) is 0 Å². The van der Waals surface area contributed by atoms with Crippen molar-refractivity contribution in [2.75, 3.05) is 4.90 Å². The van der Waals surface area contributed by atoms with Crippen molar-refractivity contribution in [1.29, 1.82) is 0 Å². The maximum atomic E-state index is 6.24. The van der Waals surface area contributed by atoms with Crippen LogP contribution in [-0.2, 0) is 0 Å². The molecule has 0 spiro atoms. The Morgan fingerprint density at radius 2 is 1.15 bits per heavy atom. The van der Waals surface area contributed by atoms with Crippen molar-refractivity contribution in [1.82, 2.24) is 9.97 Å². The predicted molar refractivity (Wildman–Crippen MR) is 166 cm³/mol. The minimum atomic E-state index is 0.588. The molecule has 0 aliphatic rings. The number of aromatic nitrogens is 2. The molecular formula is C36H21N3O2. The molecule has 5 heteroatoms. The van der Waals surface area contributed by atoms with Gasteiger partial charge in [-0.2, -0.15) is 4.98 Å². The minimum absolute atomic E-state index is 0.588. The maximum absolute atomic E-state index is 6.24. The summed E-state index contributed by atoms with van der Waals surface area (Å²) in [5.41, 5.74) is 3.97. The molecular weight excluding hydrogens is 506 g/mol. The SMILES string of the molecule is c1ccc2c(c1)ccc1cc(N(c3cc4oc5ccccc5c4cn3)c3ccc4c(n3)oc3ccccc34)ccc12. The lowest BCUT2D eigenvalue weighted by molar-refractivity contribution is 0.654. The Hall–Kier alpha value is -5.68. The van der Waals surface area contributed by atoms with Crippen molar-refractivity contribution in [2.45, 2.75) is 0 Å². The average Bonchev–Trinajstić information content (AvgIpc) is 3.58. The molecule has 0 amide bonds. The summed E-state index contributed by atoms with van der Waals surface area (Å²) in [6.45, 7) is 0. The standard InChI is InChI=1S/C36H21N3O2/c1-2-8-25-22(7-1)13-14-23-19-24(15-16-26(23)25)39(34-18-17-29-27-9-3-6-12-32(27)41-36(29)38-34)35-20-33-30(21-37-35)28-10-4-5-11-31(28)40-33/h1-21H. The number of hydrogen-bond acceptors (Lipinski definition) is 5. The summed E-state index contributed by atoms with van der Waals surface area (Å²) in [5.74, 6) is 1.42. The number of fused-ring (bicyclic) bond motifs is 9. The fraction of sp³-hybridized carbons (Fsp3) is 0. The number of pyridine rings is 2. The van der Waals surface area contributed by atoms with E-state index in [1.807, 2.05) is 54.7 Å². The number of rotatable bonds is 3. The van der Waals surface area contributed by atoms with Crippen molar-refractivity contribution in [3.05, 3.63) is 128 Å². The van der Waals surface area contributed by atoms with E-state index < -0.39 is 0 Å². The molecule has 9 aromatic rings. The average molecular weight is 528 g/mol. The number of hydrogen-bond donors (Lipinski definition) is 0. The van der Waals surface area contributed by atoms with E-state index in [1.54, 1.807) is 0 Å². The number of nitrogens with zero attached hydrogens (tertiary/aromatic N) is 3. The first kappa shape index (κ1) is 22.2. The Labute approximate surface area is 233 Å². The monoisotopic (exact) mass is 527 g/mol. The Bertz CT molecular complexity index is 2340. The third-order valence-electron chi connectivity index (χ3n) is 7.92. The van der Waals surface area contributed by atoms with Crippen molar-refractivity contribution in [3.8, 4) is 0 Å². The van der Waals surface area contributed by atoms with Gasteiger partial charge < -0.3 is 8.83 Å². The van der Waals surface area contributed by atoms with E-state index in [1.165, 1.54) is 16.2 Å². The van der Waals surface area contributed by atoms with Gasteiger partial charge in [0.25, 0.3) is 0 Å². The zero-order chi connectivity index (χ0) is 26.9. The van der Waals surface area contributed by atoms with Crippen LogP contribution >= 0.6 is 0 Å². The quantitative estimate of drug-likeness (QED) is 0.214. The molecule has 0 atom stereocenters. The van der Waals surface area contributed by atoms with E-state index in [0.29, 0.717) is 17.3 Å². The van der Waals surface area contributed by atoms with Crippen LogP contribution in [0.15, 0.2) is 136 Å². The van der Waals surface area contributed by atoms with Crippen LogP contribution in [-0.4, -0.2) is 9.97 Å². The third kappa shape index (κ3) is 3.36. The van der Waals surface area contributed by atoms with E-state index in [2.05, 4.69) is 77.7 Å². The molecule has 0 fully saturated rings. The molecule has 4 aromatic heterocycles. The highest BCUT2D eigenvalue weighted by Crippen LogP contribution is 2.39. The molecule has 9 rings (SSSR count). The van der Waals surface area contributed by atoms with Gasteiger partial charge in [0.05, 0.1) is 0 Å². The minimum Gasteiger partial charge on any atom is -0.456 e. The molecule has 0 aliphatic heterocycles. The number of furan rings is 2. The number of para-hydroxylation sites is 2. The Morgan fingerprint density at radius 3 is 2.02 bits per heavy atom. The van der Waals surface area contributed by atoms with Gasteiger partial charge in [0.2, 0.25) is 5.71 Å². The molecule has 0 radical (unpaired) electrons. The van der Waals surface area contributed by atoms with Crippen molar-refractivity contribution < 1.29 is 8.83 Å². The lowest BCUT2D eigenvalue weighted by Crippen LogP contribution is -2.13. The zero-order valence-electron chi connectivity index (χ0n) is 21.8. The highest BCUT2D eigenvalue weighted by Gasteiger charge is 2.20. The van der Waals surface area contributed by atoms with Crippen LogP contribution < -0.4 is 4.90 Å². The van der Waals surface area contributed by atoms with Gasteiger partial charge in [0.1, 0.15) is 28.4 Å². The van der Waals surface area contributed by atoms with Gasteiger partial charge in [0.15, 0.2) is 0 Å². The summed E-state index contributed by atoms with van der Waals surface area (Å²) in [7, 11) is 0. The molecule has 0 unspecified atom stereocenters. The molecule has 0 N–H and O–H groups in total. The van der Waals surface area contributed by atoms with Gasteiger partial charge >= 0.3 is 0 Å². The molecule has 4 heterocycles. The molecule has 0 saturated heterocycles. The molecule has 5 aromatic carbocycles. The Balaban J connectivity index is 1.28. The van der Waals surface area contributed by atoms with E-state index in [4.69, 9.17) is 18.8 Å². The largest absolute Gasteiger partial charge is 0.456 e. The van der Waals surface area contributed by atoms with Crippen LogP contribution in [0.1, 0.15) is 0 Å². The fourth-order valence-electron chi connectivity index (χ4n) is 5.97. The highest BCUT2D eigenvalue weighted by atomic mass is 16.3.